The van der Waals surface area contributed by atoms with E-state index in [-0.39, 0.29) is 25.1 Å². The maximum absolute atomic E-state index is 13.6. The number of carbonyl (C=O) groups is 2. The zero-order valence-electron chi connectivity index (χ0n) is 54.8. The first-order valence-electron chi connectivity index (χ1n) is 35.3. The van der Waals surface area contributed by atoms with Crippen LogP contribution in [0.3, 0.4) is 0 Å². The Morgan fingerprint density at radius 3 is 1.10 bits per heavy atom. The molecule has 0 saturated heterocycles. The molecule has 0 bridgehead atoms. The number of nitrogens with one attached hydrogen (secondary N) is 1. The molecule has 0 aromatic rings. The lowest BCUT2D eigenvalue weighted by atomic mass is 10.0. The summed E-state index contributed by atoms with van der Waals surface area (Å²) >= 11 is 0. The summed E-state index contributed by atoms with van der Waals surface area (Å²) in [4.78, 5) is 37.8. The van der Waals surface area contributed by atoms with Gasteiger partial charge < -0.3 is 19.4 Å². The lowest BCUT2D eigenvalue weighted by molar-refractivity contribution is -0.870. The van der Waals surface area contributed by atoms with Gasteiger partial charge in [0.15, 0.2) is 0 Å². The molecule has 0 spiro atoms. The first kappa shape index (κ1) is 79.2. The van der Waals surface area contributed by atoms with E-state index in [4.69, 9.17) is 13.8 Å². The maximum atomic E-state index is 13.6. The number of unbranched alkanes of at least 4 members (excludes halogenated alkanes) is 46. The van der Waals surface area contributed by atoms with E-state index >= 15 is 0 Å². The molecule has 0 aromatic heterocycles. The van der Waals surface area contributed by atoms with Crippen molar-refractivity contribution < 1.29 is 37.3 Å². The molecule has 0 fully saturated rings. The van der Waals surface area contributed by atoms with Crippen molar-refractivity contribution in [3.63, 3.8) is 0 Å². The predicted octanol–water partition coefficient (Wildman–Crippen LogP) is 22.2. The van der Waals surface area contributed by atoms with E-state index in [0.717, 1.165) is 64.2 Å². The van der Waals surface area contributed by atoms with Gasteiger partial charge in [-0.2, -0.15) is 0 Å². The second-order valence-corrected chi connectivity index (χ2v) is 26.9. The molecule has 2 N–H and O–H groups in total. The van der Waals surface area contributed by atoms with E-state index in [1.165, 1.54) is 250 Å². The topological polar surface area (TPSA) is 111 Å². The molecule has 3 unspecified atom stereocenters. The summed E-state index contributed by atoms with van der Waals surface area (Å²) in [5, 5.41) is 3.05. The van der Waals surface area contributed by atoms with E-state index < -0.39 is 20.0 Å². The second-order valence-electron chi connectivity index (χ2n) is 25.4. The molecule has 0 aliphatic heterocycles. The SMILES string of the molecule is CCCCCCCCC/C=C/C=C/CCCCCC(=O)NC(COP(=O)(O)OCC[N+](C)(C)C)C(/C=C\CCCCCCCCCCCC)OC(=O)CCCCCCCCCCCCCCCCCCCCCCCCCCCCC. The fraction of sp³-hybridized carbons (Fsp3) is 0.887. The van der Waals surface area contributed by atoms with Crippen LogP contribution in [0.1, 0.15) is 355 Å². The third-order valence-corrected chi connectivity index (χ3v) is 17.1. The van der Waals surface area contributed by atoms with E-state index in [9.17, 15) is 19.0 Å². The number of nitrogens with zero attached hydrogens (tertiary/aromatic N) is 1. The number of allylic oxidation sites excluding steroid dienone is 5. The molecule has 0 aromatic carbocycles. The van der Waals surface area contributed by atoms with Gasteiger partial charge in [-0.15, -0.1) is 0 Å². The number of phosphoric acid groups is 1. The van der Waals surface area contributed by atoms with E-state index in [1.807, 2.05) is 33.3 Å². The van der Waals surface area contributed by atoms with Crippen molar-refractivity contribution in [2.75, 3.05) is 40.9 Å². The number of ether oxygens (including phenoxy) is 1. The molecule has 10 heteroatoms. The zero-order valence-corrected chi connectivity index (χ0v) is 55.7. The van der Waals surface area contributed by atoms with Crippen LogP contribution in [0.15, 0.2) is 36.5 Å². The number of quaternary nitrogens is 1. The summed E-state index contributed by atoms with van der Waals surface area (Å²) in [5.41, 5.74) is 0. The van der Waals surface area contributed by atoms with Gasteiger partial charge in [-0.05, 0) is 57.4 Å². The van der Waals surface area contributed by atoms with Gasteiger partial charge in [0, 0.05) is 12.8 Å². The van der Waals surface area contributed by atoms with Crippen molar-refractivity contribution in [1.29, 1.82) is 0 Å². The number of rotatable bonds is 65. The highest BCUT2D eigenvalue weighted by Gasteiger charge is 2.30. The quantitative estimate of drug-likeness (QED) is 0.0156. The lowest BCUT2D eigenvalue weighted by Crippen LogP contribution is -2.47. The molecular weight excluding hydrogens is 1020 g/mol. The monoisotopic (exact) mass is 1160 g/mol. The van der Waals surface area contributed by atoms with Crippen molar-refractivity contribution in [2.45, 2.75) is 367 Å². The van der Waals surface area contributed by atoms with Crippen LogP contribution in [0, 0.1) is 0 Å². The van der Waals surface area contributed by atoms with E-state index in [1.54, 1.807) is 0 Å². The standard InChI is InChI=1S/C71H137N2O7P/c1-7-10-13-16-19-22-25-28-30-32-33-34-35-36-37-38-39-40-41-42-44-46-49-52-55-58-61-64-71(75)80-69(62-59-56-53-50-47-27-24-21-18-15-12-9-3)68(67-79-81(76,77)78-66-65-73(4,5)6)72-70(74)63-60-57-54-51-48-45-43-31-29-26-23-20-17-14-11-8-2/h31,43,45,48,59,62,68-69H,7-30,32-42,44,46-47,49-58,60-61,63-67H2,1-6H3,(H-,72,74,76,77)/p+1/b43-31+,48-45+,62-59-. The van der Waals surface area contributed by atoms with E-state index in [0.29, 0.717) is 30.3 Å². The molecule has 478 valence electrons. The van der Waals surface area contributed by atoms with Crippen LogP contribution in [-0.4, -0.2) is 74.3 Å². The maximum Gasteiger partial charge on any atom is 0.472 e. The Labute approximate surface area is 504 Å². The summed E-state index contributed by atoms with van der Waals surface area (Å²) in [6, 6.07) is -0.859. The molecule has 0 rings (SSSR count). The average Bonchev–Trinajstić information content (AvgIpc) is 3.44. The minimum absolute atomic E-state index is 0.0376. The van der Waals surface area contributed by atoms with Gasteiger partial charge in [0.25, 0.3) is 0 Å². The van der Waals surface area contributed by atoms with Crippen LogP contribution in [0.2, 0.25) is 0 Å². The van der Waals surface area contributed by atoms with Gasteiger partial charge in [-0.1, -0.05) is 321 Å². The highest BCUT2D eigenvalue weighted by atomic mass is 31.2. The summed E-state index contributed by atoms with van der Waals surface area (Å²) < 4.78 is 30.8. The number of esters is 1. The highest BCUT2D eigenvalue weighted by molar-refractivity contribution is 7.47. The first-order valence-corrected chi connectivity index (χ1v) is 36.8. The van der Waals surface area contributed by atoms with Crippen molar-refractivity contribution in [3.05, 3.63) is 36.5 Å². The van der Waals surface area contributed by atoms with Crippen molar-refractivity contribution >= 4 is 19.7 Å². The average molecular weight is 1160 g/mol. The van der Waals surface area contributed by atoms with Gasteiger partial charge >= 0.3 is 13.8 Å². The molecule has 81 heavy (non-hydrogen) atoms. The van der Waals surface area contributed by atoms with Crippen molar-refractivity contribution in [1.82, 2.24) is 5.32 Å². The van der Waals surface area contributed by atoms with E-state index in [2.05, 4.69) is 50.4 Å². The van der Waals surface area contributed by atoms with Gasteiger partial charge in [0.2, 0.25) is 5.91 Å². The van der Waals surface area contributed by atoms with Crippen LogP contribution < -0.4 is 5.32 Å². The molecule has 0 heterocycles. The molecular formula is C71H138N2O7P+. The number of carbonyl (C=O) groups excluding carboxylic acids is 2. The number of likely N-dealkylation sites (N-methyl/N-ethyl adjacent to an activating group) is 1. The number of amides is 1. The normalized spacial score (nSPS) is 13.7. The van der Waals surface area contributed by atoms with Crippen LogP contribution in [0.25, 0.3) is 0 Å². The number of phosphoric ester groups is 1. The Kier molecular flexibility index (Phi) is 60.0. The van der Waals surface area contributed by atoms with Gasteiger partial charge in [0.1, 0.15) is 19.3 Å². The highest BCUT2D eigenvalue weighted by Crippen LogP contribution is 2.43. The molecule has 9 nitrogen and oxygen atoms in total. The minimum atomic E-state index is -4.46. The van der Waals surface area contributed by atoms with Gasteiger partial charge in [-0.25, -0.2) is 4.57 Å². The Balaban J connectivity index is 5.00. The molecule has 0 saturated carbocycles. The molecule has 0 aliphatic rings. The first-order chi connectivity index (χ1) is 39.4. The Morgan fingerprint density at radius 1 is 0.432 bits per heavy atom. The van der Waals surface area contributed by atoms with Crippen molar-refractivity contribution in [2.24, 2.45) is 0 Å². The Bertz CT molecular complexity index is 1480. The summed E-state index contributed by atoms with van der Waals surface area (Å²) in [6.45, 7) is 7.04. The predicted molar refractivity (Wildman–Crippen MR) is 351 cm³/mol. The van der Waals surface area contributed by atoms with Crippen LogP contribution in [0.4, 0.5) is 0 Å². The summed E-state index contributed by atoms with van der Waals surface area (Å²) in [7, 11) is 1.49. The third-order valence-electron chi connectivity index (χ3n) is 16.1. The number of hydrogen-bond acceptors (Lipinski definition) is 6. The fourth-order valence-electron chi connectivity index (χ4n) is 10.6. The van der Waals surface area contributed by atoms with Gasteiger partial charge in [0.05, 0.1) is 33.8 Å². The second kappa shape index (κ2) is 61.3. The molecule has 0 aliphatic carbocycles. The Morgan fingerprint density at radius 2 is 0.741 bits per heavy atom. The summed E-state index contributed by atoms with van der Waals surface area (Å²) in [6.07, 6.45) is 76.0. The van der Waals surface area contributed by atoms with Gasteiger partial charge in [-0.3, -0.25) is 18.6 Å². The van der Waals surface area contributed by atoms with Crippen LogP contribution in [-0.2, 0) is 27.9 Å². The third kappa shape index (κ3) is 62.6. The zero-order chi connectivity index (χ0) is 59.3. The largest absolute Gasteiger partial charge is 0.472 e. The minimum Gasteiger partial charge on any atom is -0.456 e. The molecule has 3 atom stereocenters. The van der Waals surface area contributed by atoms with Crippen LogP contribution in [0.5, 0.6) is 0 Å². The number of hydrogen-bond donors (Lipinski definition) is 2. The smallest absolute Gasteiger partial charge is 0.456 e. The summed E-state index contributed by atoms with van der Waals surface area (Å²) in [5.74, 6) is -0.518. The Hall–Kier alpha value is -1.77. The lowest BCUT2D eigenvalue weighted by Gasteiger charge is -2.27. The fourth-order valence-corrected chi connectivity index (χ4v) is 11.4. The molecule has 1 amide bonds. The van der Waals surface area contributed by atoms with Crippen molar-refractivity contribution in [3.8, 4) is 0 Å². The molecule has 0 radical (unpaired) electrons. The van der Waals surface area contributed by atoms with Crippen LogP contribution >= 0.6 is 7.82 Å².